The van der Waals surface area contributed by atoms with Crippen LogP contribution in [-0.4, -0.2) is 38.3 Å². The van der Waals surface area contributed by atoms with Crippen LogP contribution in [0.15, 0.2) is 18.2 Å². The lowest BCUT2D eigenvalue weighted by atomic mass is 9.92. The molecule has 1 aliphatic rings. The number of esters is 1. The van der Waals surface area contributed by atoms with Crippen molar-refractivity contribution in [3.8, 4) is 5.88 Å². The molecule has 2 unspecified atom stereocenters. The number of nitrogens with one attached hydrogen (secondary N) is 1. The molecule has 0 aliphatic carbocycles. The summed E-state index contributed by atoms with van der Waals surface area (Å²) in [5.41, 5.74) is 0.866. The number of hydrogen-bond donors (Lipinski definition) is 1. The topological polar surface area (TPSA) is 60.5 Å². The highest BCUT2D eigenvalue weighted by Crippen LogP contribution is 2.28. The summed E-state index contributed by atoms with van der Waals surface area (Å²) in [5, 5.41) is 3.19. The second-order valence-corrected chi connectivity index (χ2v) is 4.00. The molecule has 0 bridgehead atoms. The van der Waals surface area contributed by atoms with Crippen LogP contribution in [0.4, 0.5) is 0 Å². The Morgan fingerprint density at radius 2 is 2.24 bits per heavy atom. The molecule has 0 aromatic carbocycles. The minimum atomic E-state index is -0.190. The molecule has 1 fully saturated rings. The number of ether oxygens (including phenoxy) is 2. The smallest absolute Gasteiger partial charge is 0.310 e. The average molecular weight is 236 g/mol. The van der Waals surface area contributed by atoms with Crippen LogP contribution in [0.1, 0.15) is 11.6 Å². The van der Waals surface area contributed by atoms with Crippen molar-refractivity contribution in [1.29, 1.82) is 0 Å². The molecule has 1 aliphatic heterocycles. The number of pyridine rings is 1. The van der Waals surface area contributed by atoms with E-state index >= 15 is 0 Å². The van der Waals surface area contributed by atoms with Gasteiger partial charge in [0.25, 0.3) is 0 Å². The molecule has 0 saturated carbocycles. The first-order chi connectivity index (χ1) is 8.26. The summed E-state index contributed by atoms with van der Waals surface area (Å²) in [4.78, 5) is 16.0. The molecular weight excluding hydrogens is 220 g/mol. The molecule has 5 nitrogen and oxygen atoms in total. The van der Waals surface area contributed by atoms with Crippen LogP contribution < -0.4 is 10.1 Å². The molecule has 92 valence electrons. The third-order valence-corrected chi connectivity index (χ3v) is 3.05. The second-order valence-electron chi connectivity index (χ2n) is 4.00. The van der Waals surface area contributed by atoms with E-state index in [0.29, 0.717) is 12.4 Å². The fraction of sp³-hybridized carbons (Fsp3) is 0.500. The van der Waals surface area contributed by atoms with Gasteiger partial charge in [-0.25, -0.2) is 4.98 Å². The number of carbonyl (C=O) groups is 1. The monoisotopic (exact) mass is 236 g/mol. The van der Waals surface area contributed by atoms with Gasteiger partial charge >= 0.3 is 5.97 Å². The summed E-state index contributed by atoms with van der Waals surface area (Å²) in [6.07, 6.45) is 0. The lowest BCUT2D eigenvalue weighted by molar-refractivity contribution is -0.145. The Kier molecular flexibility index (Phi) is 3.58. The molecular formula is C12H16N2O3. The number of methoxy groups -OCH3 is 2. The zero-order chi connectivity index (χ0) is 12.3. The zero-order valence-electron chi connectivity index (χ0n) is 9.97. The average Bonchev–Trinajstić information content (AvgIpc) is 2.87. The normalized spacial score (nSPS) is 23.4. The highest BCUT2D eigenvalue weighted by atomic mass is 16.5. The molecule has 1 aromatic heterocycles. The van der Waals surface area contributed by atoms with Crippen molar-refractivity contribution >= 4 is 5.97 Å². The van der Waals surface area contributed by atoms with Crippen molar-refractivity contribution < 1.29 is 14.3 Å². The van der Waals surface area contributed by atoms with Crippen molar-refractivity contribution in [2.75, 3.05) is 27.3 Å². The van der Waals surface area contributed by atoms with Gasteiger partial charge in [0.2, 0.25) is 5.88 Å². The fourth-order valence-corrected chi connectivity index (χ4v) is 2.14. The summed E-state index contributed by atoms with van der Waals surface area (Å²) >= 11 is 0. The van der Waals surface area contributed by atoms with Crippen molar-refractivity contribution in [1.82, 2.24) is 10.3 Å². The SMILES string of the molecule is COC(=O)C1CNCC1c1cccc(OC)n1. The maximum atomic E-state index is 11.6. The van der Waals surface area contributed by atoms with Crippen molar-refractivity contribution in [2.24, 2.45) is 5.92 Å². The molecule has 0 spiro atoms. The highest BCUT2D eigenvalue weighted by Gasteiger charge is 2.35. The van der Waals surface area contributed by atoms with E-state index in [0.717, 1.165) is 12.2 Å². The third-order valence-electron chi connectivity index (χ3n) is 3.05. The van der Waals surface area contributed by atoms with Gasteiger partial charge in [-0.1, -0.05) is 6.07 Å². The van der Waals surface area contributed by atoms with E-state index in [2.05, 4.69) is 10.3 Å². The van der Waals surface area contributed by atoms with E-state index in [-0.39, 0.29) is 17.8 Å². The zero-order valence-corrected chi connectivity index (χ0v) is 9.97. The van der Waals surface area contributed by atoms with Gasteiger partial charge in [-0.05, 0) is 6.07 Å². The van der Waals surface area contributed by atoms with Crippen molar-refractivity contribution in [3.63, 3.8) is 0 Å². The molecule has 1 N–H and O–H groups in total. The van der Waals surface area contributed by atoms with E-state index in [1.54, 1.807) is 13.2 Å². The van der Waals surface area contributed by atoms with E-state index in [9.17, 15) is 4.79 Å². The highest BCUT2D eigenvalue weighted by molar-refractivity contribution is 5.74. The number of nitrogens with zero attached hydrogens (tertiary/aromatic N) is 1. The summed E-state index contributed by atoms with van der Waals surface area (Å²) in [6, 6.07) is 5.59. The Bertz CT molecular complexity index is 408. The predicted octanol–water partition coefficient (Wildman–Crippen LogP) is 0.566. The molecule has 1 aromatic rings. The Morgan fingerprint density at radius 1 is 1.41 bits per heavy atom. The molecule has 17 heavy (non-hydrogen) atoms. The first kappa shape index (κ1) is 11.9. The van der Waals surface area contributed by atoms with E-state index in [1.165, 1.54) is 7.11 Å². The summed E-state index contributed by atoms with van der Waals surface area (Å²) < 4.78 is 9.89. The van der Waals surface area contributed by atoms with Crippen LogP contribution in [0, 0.1) is 5.92 Å². The number of aromatic nitrogens is 1. The van der Waals surface area contributed by atoms with Crippen LogP contribution in [0.25, 0.3) is 0 Å². The second kappa shape index (κ2) is 5.14. The largest absolute Gasteiger partial charge is 0.481 e. The van der Waals surface area contributed by atoms with Gasteiger partial charge in [0.1, 0.15) is 0 Å². The Balaban J connectivity index is 2.22. The quantitative estimate of drug-likeness (QED) is 0.777. The van der Waals surface area contributed by atoms with Crippen LogP contribution in [-0.2, 0) is 9.53 Å². The Labute approximate surface area is 100 Å². The van der Waals surface area contributed by atoms with Crippen LogP contribution >= 0.6 is 0 Å². The number of hydrogen-bond acceptors (Lipinski definition) is 5. The number of carbonyl (C=O) groups excluding carboxylic acids is 1. The van der Waals surface area contributed by atoms with Gasteiger partial charge in [-0.2, -0.15) is 0 Å². The van der Waals surface area contributed by atoms with Gasteiger partial charge in [0.05, 0.1) is 20.1 Å². The van der Waals surface area contributed by atoms with Gasteiger partial charge in [0, 0.05) is 30.8 Å². The summed E-state index contributed by atoms with van der Waals surface area (Å²) in [5.74, 6) is 0.264. The van der Waals surface area contributed by atoms with E-state index in [1.807, 2.05) is 12.1 Å². The minimum absolute atomic E-state index is 0.0533. The molecule has 2 rings (SSSR count). The lowest BCUT2D eigenvalue weighted by Crippen LogP contribution is -2.23. The molecule has 0 radical (unpaired) electrons. The van der Waals surface area contributed by atoms with Gasteiger partial charge < -0.3 is 14.8 Å². The first-order valence-electron chi connectivity index (χ1n) is 5.55. The Hall–Kier alpha value is -1.62. The standard InChI is InChI=1S/C12H16N2O3/c1-16-11-5-3-4-10(14-11)8-6-13-7-9(8)12(15)17-2/h3-5,8-9,13H,6-7H2,1-2H3. The summed E-state index contributed by atoms with van der Waals surface area (Å²) in [7, 11) is 2.99. The Morgan fingerprint density at radius 3 is 2.94 bits per heavy atom. The molecule has 1 saturated heterocycles. The van der Waals surface area contributed by atoms with Crippen LogP contribution in [0.2, 0.25) is 0 Å². The van der Waals surface area contributed by atoms with Crippen molar-refractivity contribution in [2.45, 2.75) is 5.92 Å². The predicted molar refractivity (Wildman–Crippen MR) is 61.9 cm³/mol. The van der Waals surface area contributed by atoms with Crippen molar-refractivity contribution in [3.05, 3.63) is 23.9 Å². The molecule has 5 heteroatoms. The lowest BCUT2D eigenvalue weighted by Gasteiger charge is -2.16. The molecule has 2 heterocycles. The van der Waals surface area contributed by atoms with E-state index < -0.39 is 0 Å². The maximum absolute atomic E-state index is 11.6. The third kappa shape index (κ3) is 2.39. The fourth-order valence-electron chi connectivity index (χ4n) is 2.14. The molecule has 0 amide bonds. The molecule has 2 atom stereocenters. The van der Waals surface area contributed by atoms with Crippen LogP contribution in [0.5, 0.6) is 5.88 Å². The van der Waals surface area contributed by atoms with Gasteiger partial charge in [-0.15, -0.1) is 0 Å². The summed E-state index contributed by atoms with van der Waals surface area (Å²) in [6.45, 7) is 1.37. The number of rotatable bonds is 3. The van der Waals surface area contributed by atoms with E-state index in [4.69, 9.17) is 9.47 Å². The van der Waals surface area contributed by atoms with Crippen LogP contribution in [0.3, 0.4) is 0 Å². The minimum Gasteiger partial charge on any atom is -0.481 e. The van der Waals surface area contributed by atoms with Gasteiger partial charge in [0.15, 0.2) is 0 Å². The van der Waals surface area contributed by atoms with Gasteiger partial charge in [-0.3, -0.25) is 4.79 Å². The maximum Gasteiger partial charge on any atom is 0.310 e. The first-order valence-corrected chi connectivity index (χ1v) is 5.55.